The Balaban J connectivity index is 1.63. The van der Waals surface area contributed by atoms with Crippen LogP contribution in [-0.4, -0.2) is 19.0 Å². The van der Waals surface area contributed by atoms with Crippen LogP contribution < -0.4 is 10.1 Å². The summed E-state index contributed by atoms with van der Waals surface area (Å²) in [5.74, 6) is -0.0708. The molecule has 3 aromatic carbocycles. The molecule has 0 aromatic heterocycles. The Kier molecular flexibility index (Phi) is 6.41. The summed E-state index contributed by atoms with van der Waals surface area (Å²) in [6, 6.07) is 23.8. The maximum absolute atomic E-state index is 12.6. The number of ether oxygens (including phenoxy) is 2. The van der Waals surface area contributed by atoms with E-state index in [1.54, 1.807) is 42.5 Å². The Morgan fingerprint density at radius 2 is 1.50 bits per heavy atom. The summed E-state index contributed by atoms with van der Waals surface area (Å²) in [6.45, 7) is 0.730. The number of carbonyl (C=O) groups excluding carboxylic acids is 2. The van der Waals surface area contributed by atoms with Crippen molar-refractivity contribution in [1.29, 1.82) is 0 Å². The van der Waals surface area contributed by atoms with Gasteiger partial charge < -0.3 is 14.8 Å². The first-order valence-corrected chi connectivity index (χ1v) is 8.88. The standard InChI is InChI=1S/C23H21NO4/c1-27-23(26)19-13-11-18(12-14-19)16-28-21-10-6-5-9-20(21)22(25)24-15-17-7-3-2-4-8-17/h2-14H,15-16H2,1H3,(H,24,25). The number of hydrogen-bond donors (Lipinski definition) is 1. The van der Waals surface area contributed by atoms with Crippen molar-refractivity contribution >= 4 is 11.9 Å². The van der Waals surface area contributed by atoms with E-state index in [0.29, 0.717) is 23.4 Å². The SMILES string of the molecule is COC(=O)c1ccc(COc2ccccc2C(=O)NCc2ccccc2)cc1. The predicted octanol–water partition coefficient (Wildman–Crippen LogP) is 3.98. The van der Waals surface area contributed by atoms with Crippen molar-refractivity contribution in [3.63, 3.8) is 0 Å². The van der Waals surface area contributed by atoms with Crippen molar-refractivity contribution in [3.05, 3.63) is 101 Å². The van der Waals surface area contributed by atoms with E-state index in [1.165, 1.54) is 7.11 Å². The minimum atomic E-state index is -0.382. The number of hydrogen-bond acceptors (Lipinski definition) is 4. The molecule has 28 heavy (non-hydrogen) atoms. The van der Waals surface area contributed by atoms with Gasteiger partial charge in [0.05, 0.1) is 18.2 Å². The van der Waals surface area contributed by atoms with Gasteiger partial charge in [0.2, 0.25) is 0 Å². The molecule has 5 heteroatoms. The van der Waals surface area contributed by atoms with Gasteiger partial charge in [-0.1, -0.05) is 54.6 Å². The summed E-state index contributed by atoms with van der Waals surface area (Å²) >= 11 is 0. The van der Waals surface area contributed by atoms with E-state index >= 15 is 0 Å². The molecule has 3 aromatic rings. The number of benzene rings is 3. The Morgan fingerprint density at radius 1 is 0.821 bits per heavy atom. The Labute approximate surface area is 163 Å². The number of amides is 1. The van der Waals surface area contributed by atoms with Crippen molar-refractivity contribution in [2.75, 3.05) is 7.11 Å². The first kappa shape index (κ1) is 19.2. The zero-order chi connectivity index (χ0) is 19.8. The second kappa shape index (κ2) is 9.37. The molecular formula is C23H21NO4. The maximum atomic E-state index is 12.6. The number of para-hydroxylation sites is 1. The molecule has 0 aliphatic heterocycles. The first-order chi connectivity index (χ1) is 13.7. The highest BCUT2D eigenvalue weighted by Gasteiger charge is 2.12. The molecule has 0 fully saturated rings. The van der Waals surface area contributed by atoms with Crippen molar-refractivity contribution < 1.29 is 19.1 Å². The van der Waals surface area contributed by atoms with Gasteiger partial charge in [-0.3, -0.25) is 4.79 Å². The second-order valence-corrected chi connectivity index (χ2v) is 6.14. The molecule has 0 radical (unpaired) electrons. The minimum Gasteiger partial charge on any atom is -0.488 e. The van der Waals surface area contributed by atoms with E-state index in [2.05, 4.69) is 10.1 Å². The summed E-state index contributed by atoms with van der Waals surface area (Å²) in [5, 5.41) is 2.91. The van der Waals surface area contributed by atoms with Crippen molar-refractivity contribution in [3.8, 4) is 5.75 Å². The lowest BCUT2D eigenvalue weighted by molar-refractivity contribution is 0.0600. The molecule has 1 N–H and O–H groups in total. The lowest BCUT2D eigenvalue weighted by Gasteiger charge is -2.12. The van der Waals surface area contributed by atoms with Gasteiger partial charge in [0.25, 0.3) is 5.91 Å². The highest BCUT2D eigenvalue weighted by Crippen LogP contribution is 2.20. The molecule has 0 saturated heterocycles. The molecule has 0 spiro atoms. The quantitative estimate of drug-likeness (QED) is 0.635. The van der Waals surface area contributed by atoms with Crippen LogP contribution in [0.1, 0.15) is 31.8 Å². The van der Waals surface area contributed by atoms with E-state index in [0.717, 1.165) is 11.1 Å². The fourth-order valence-corrected chi connectivity index (χ4v) is 2.67. The molecule has 0 heterocycles. The number of esters is 1. The third-order valence-corrected chi connectivity index (χ3v) is 4.20. The zero-order valence-electron chi connectivity index (χ0n) is 15.6. The third kappa shape index (κ3) is 4.98. The minimum absolute atomic E-state index is 0.194. The molecule has 0 saturated carbocycles. The Hall–Kier alpha value is -3.60. The van der Waals surface area contributed by atoms with Crippen LogP contribution in [0, 0.1) is 0 Å². The van der Waals surface area contributed by atoms with Crippen molar-refractivity contribution in [1.82, 2.24) is 5.32 Å². The van der Waals surface area contributed by atoms with Gasteiger partial charge in [0, 0.05) is 6.54 Å². The van der Waals surface area contributed by atoms with E-state index in [4.69, 9.17) is 4.74 Å². The van der Waals surface area contributed by atoms with E-state index < -0.39 is 0 Å². The topological polar surface area (TPSA) is 64.6 Å². The first-order valence-electron chi connectivity index (χ1n) is 8.88. The van der Waals surface area contributed by atoms with Gasteiger partial charge in [0.1, 0.15) is 12.4 Å². The summed E-state index contributed by atoms with van der Waals surface area (Å²) in [6.07, 6.45) is 0. The third-order valence-electron chi connectivity index (χ3n) is 4.20. The molecule has 142 valence electrons. The van der Waals surface area contributed by atoms with Crippen LogP contribution in [0.5, 0.6) is 5.75 Å². The fourth-order valence-electron chi connectivity index (χ4n) is 2.67. The van der Waals surface area contributed by atoms with Gasteiger partial charge >= 0.3 is 5.97 Å². The summed E-state index contributed by atoms with van der Waals surface area (Å²) in [5.41, 5.74) is 2.86. The average molecular weight is 375 g/mol. The highest BCUT2D eigenvalue weighted by atomic mass is 16.5. The van der Waals surface area contributed by atoms with Gasteiger partial charge in [-0.2, -0.15) is 0 Å². The van der Waals surface area contributed by atoms with E-state index in [1.807, 2.05) is 36.4 Å². The van der Waals surface area contributed by atoms with E-state index in [-0.39, 0.29) is 18.5 Å². The van der Waals surface area contributed by atoms with Crippen LogP contribution >= 0.6 is 0 Å². The molecule has 3 rings (SSSR count). The summed E-state index contributed by atoms with van der Waals surface area (Å²) < 4.78 is 10.5. The smallest absolute Gasteiger partial charge is 0.337 e. The average Bonchev–Trinajstić information content (AvgIpc) is 2.76. The van der Waals surface area contributed by atoms with Crippen LogP contribution in [-0.2, 0) is 17.9 Å². The molecule has 0 aliphatic carbocycles. The number of rotatable bonds is 7. The molecule has 0 unspecified atom stereocenters. The van der Waals surface area contributed by atoms with Crippen LogP contribution in [0.3, 0.4) is 0 Å². The van der Waals surface area contributed by atoms with Crippen LogP contribution in [0.4, 0.5) is 0 Å². The lowest BCUT2D eigenvalue weighted by atomic mass is 10.1. The van der Waals surface area contributed by atoms with Crippen LogP contribution in [0.25, 0.3) is 0 Å². The van der Waals surface area contributed by atoms with Gasteiger partial charge in [-0.05, 0) is 35.4 Å². The highest BCUT2D eigenvalue weighted by molar-refractivity contribution is 5.96. The van der Waals surface area contributed by atoms with Gasteiger partial charge in [-0.25, -0.2) is 4.79 Å². The van der Waals surface area contributed by atoms with Gasteiger partial charge in [-0.15, -0.1) is 0 Å². The maximum Gasteiger partial charge on any atom is 0.337 e. The summed E-state index contributed by atoms with van der Waals surface area (Å²) in [4.78, 5) is 24.1. The largest absolute Gasteiger partial charge is 0.488 e. The molecule has 0 atom stereocenters. The van der Waals surface area contributed by atoms with Crippen LogP contribution in [0.15, 0.2) is 78.9 Å². The molecular weight excluding hydrogens is 354 g/mol. The molecule has 5 nitrogen and oxygen atoms in total. The monoisotopic (exact) mass is 375 g/mol. The van der Waals surface area contributed by atoms with Crippen LogP contribution in [0.2, 0.25) is 0 Å². The van der Waals surface area contributed by atoms with Crippen molar-refractivity contribution in [2.45, 2.75) is 13.2 Å². The van der Waals surface area contributed by atoms with E-state index in [9.17, 15) is 9.59 Å². The predicted molar refractivity (Wildman–Crippen MR) is 106 cm³/mol. The number of carbonyl (C=O) groups is 2. The lowest BCUT2D eigenvalue weighted by Crippen LogP contribution is -2.23. The number of methoxy groups -OCH3 is 1. The van der Waals surface area contributed by atoms with Crippen molar-refractivity contribution in [2.24, 2.45) is 0 Å². The number of nitrogens with one attached hydrogen (secondary N) is 1. The normalized spacial score (nSPS) is 10.2. The van der Waals surface area contributed by atoms with Gasteiger partial charge in [0.15, 0.2) is 0 Å². The molecule has 1 amide bonds. The Morgan fingerprint density at radius 3 is 2.21 bits per heavy atom. The summed E-state index contributed by atoms with van der Waals surface area (Å²) in [7, 11) is 1.35. The molecule has 0 bridgehead atoms. The fraction of sp³-hybridized carbons (Fsp3) is 0.130. The zero-order valence-corrected chi connectivity index (χ0v) is 15.6. The Bertz CT molecular complexity index is 936. The molecule has 0 aliphatic rings. The second-order valence-electron chi connectivity index (χ2n) is 6.14.